The molecule has 3 aromatic rings. The number of likely N-dealkylation sites (tertiary alicyclic amines) is 1. The number of aryl methyl sites for hydroxylation is 2. The number of ether oxygens (including phenoxy) is 1. The van der Waals surface area contributed by atoms with Crippen LogP contribution >= 0.6 is 0 Å². The van der Waals surface area contributed by atoms with E-state index in [0.29, 0.717) is 24.6 Å². The van der Waals surface area contributed by atoms with Gasteiger partial charge in [-0.1, -0.05) is 12.1 Å². The number of para-hydroxylation sites is 1. The average Bonchev–Trinajstić information content (AvgIpc) is 2.95. The zero-order valence-electron chi connectivity index (χ0n) is 20.6. The molecule has 1 atom stereocenters. The smallest absolute Gasteiger partial charge is 0.410 e. The second-order valence-corrected chi connectivity index (χ2v) is 9.96. The fraction of sp³-hybridized carbons (Fsp3) is 0.462. The Morgan fingerprint density at radius 3 is 2.68 bits per heavy atom. The van der Waals surface area contributed by atoms with E-state index in [1.807, 2.05) is 52.8 Å². The molecule has 1 aliphatic heterocycles. The van der Waals surface area contributed by atoms with Gasteiger partial charge in [-0.2, -0.15) is 0 Å². The highest BCUT2D eigenvalue weighted by atomic mass is 16.6. The number of fused-ring (bicyclic) bond motifs is 1. The van der Waals surface area contributed by atoms with Crippen molar-refractivity contribution in [1.82, 2.24) is 19.4 Å². The number of imidazole rings is 1. The summed E-state index contributed by atoms with van der Waals surface area (Å²) in [7, 11) is 0. The van der Waals surface area contributed by atoms with Crippen molar-refractivity contribution in [3.63, 3.8) is 0 Å². The Morgan fingerprint density at radius 1 is 1.15 bits per heavy atom. The first-order chi connectivity index (χ1) is 16.1. The van der Waals surface area contributed by atoms with Gasteiger partial charge < -0.3 is 14.2 Å². The van der Waals surface area contributed by atoms with E-state index in [1.54, 1.807) is 23.2 Å². The standard InChI is InChI=1S/C26H33N5O3/c1-17-9-8-11-21-22(17)31(24(28-21)29-23(32)19-12-13-27-18(2)15-19)20-10-6-7-14-30(16-20)25(33)34-26(3,4)5/h8-9,11-13,15,20H,6-7,10,14,16H2,1-5H3,(H,28,29,32)/t20-/m1/s1. The number of anilines is 1. The van der Waals surface area contributed by atoms with E-state index in [9.17, 15) is 9.59 Å². The molecule has 0 radical (unpaired) electrons. The summed E-state index contributed by atoms with van der Waals surface area (Å²) in [4.78, 5) is 36.7. The lowest BCUT2D eigenvalue weighted by Crippen LogP contribution is -2.39. The minimum Gasteiger partial charge on any atom is -0.444 e. The Balaban J connectivity index is 1.71. The molecule has 0 aliphatic carbocycles. The fourth-order valence-corrected chi connectivity index (χ4v) is 4.45. The molecule has 1 aliphatic rings. The second kappa shape index (κ2) is 9.44. The summed E-state index contributed by atoms with van der Waals surface area (Å²) in [5, 5.41) is 3.02. The first-order valence-corrected chi connectivity index (χ1v) is 11.8. The fourth-order valence-electron chi connectivity index (χ4n) is 4.45. The summed E-state index contributed by atoms with van der Waals surface area (Å²) in [5.74, 6) is 0.247. The van der Waals surface area contributed by atoms with Crippen LogP contribution in [0.25, 0.3) is 11.0 Å². The molecule has 1 saturated heterocycles. The zero-order valence-corrected chi connectivity index (χ0v) is 20.6. The highest BCUT2D eigenvalue weighted by molar-refractivity contribution is 6.04. The van der Waals surface area contributed by atoms with Crippen molar-refractivity contribution in [2.24, 2.45) is 0 Å². The normalized spacial score (nSPS) is 16.9. The van der Waals surface area contributed by atoms with E-state index in [-0.39, 0.29) is 18.0 Å². The van der Waals surface area contributed by atoms with Gasteiger partial charge in [0.2, 0.25) is 5.95 Å². The van der Waals surface area contributed by atoms with Gasteiger partial charge in [0, 0.05) is 30.5 Å². The molecule has 1 N–H and O–H groups in total. The number of carbonyl (C=O) groups is 2. The molecule has 8 heteroatoms. The molecule has 4 rings (SSSR count). The number of hydrogen-bond acceptors (Lipinski definition) is 5. The topological polar surface area (TPSA) is 89.4 Å². The molecule has 0 saturated carbocycles. The quantitative estimate of drug-likeness (QED) is 0.572. The Bertz CT molecular complexity index is 1210. The van der Waals surface area contributed by atoms with Crippen LogP contribution in [0.4, 0.5) is 10.7 Å². The van der Waals surface area contributed by atoms with E-state index in [4.69, 9.17) is 9.72 Å². The monoisotopic (exact) mass is 463 g/mol. The molecule has 180 valence electrons. The van der Waals surface area contributed by atoms with Gasteiger partial charge in [0.25, 0.3) is 5.91 Å². The van der Waals surface area contributed by atoms with Gasteiger partial charge in [-0.25, -0.2) is 9.78 Å². The number of carbonyl (C=O) groups excluding carboxylic acids is 2. The number of hydrogen-bond donors (Lipinski definition) is 1. The van der Waals surface area contributed by atoms with Crippen LogP contribution in [0.1, 0.15) is 67.7 Å². The van der Waals surface area contributed by atoms with Crippen LogP contribution in [0.15, 0.2) is 36.5 Å². The maximum Gasteiger partial charge on any atom is 0.410 e. The molecule has 2 amide bonds. The number of nitrogens with zero attached hydrogens (tertiary/aromatic N) is 4. The van der Waals surface area contributed by atoms with Crippen molar-refractivity contribution in [3.8, 4) is 0 Å². The number of rotatable bonds is 3. The summed E-state index contributed by atoms with van der Waals surface area (Å²) in [5.41, 5.74) is 3.60. The van der Waals surface area contributed by atoms with Crippen LogP contribution in [0, 0.1) is 13.8 Å². The second-order valence-electron chi connectivity index (χ2n) is 9.96. The van der Waals surface area contributed by atoms with Gasteiger partial charge in [-0.3, -0.25) is 15.1 Å². The van der Waals surface area contributed by atoms with E-state index >= 15 is 0 Å². The summed E-state index contributed by atoms with van der Waals surface area (Å²) < 4.78 is 7.76. The number of aromatic nitrogens is 3. The lowest BCUT2D eigenvalue weighted by atomic mass is 10.1. The predicted octanol–water partition coefficient (Wildman–Crippen LogP) is 5.26. The van der Waals surface area contributed by atoms with Crippen molar-refractivity contribution in [1.29, 1.82) is 0 Å². The third-order valence-electron chi connectivity index (χ3n) is 5.96. The lowest BCUT2D eigenvalue weighted by molar-refractivity contribution is 0.0238. The van der Waals surface area contributed by atoms with Crippen LogP contribution < -0.4 is 5.32 Å². The molecule has 2 aromatic heterocycles. The third kappa shape index (κ3) is 5.21. The van der Waals surface area contributed by atoms with E-state index in [1.165, 1.54) is 0 Å². The zero-order chi connectivity index (χ0) is 24.5. The molecule has 3 heterocycles. The van der Waals surface area contributed by atoms with Crippen LogP contribution in [0.3, 0.4) is 0 Å². The van der Waals surface area contributed by atoms with E-state index < -0.39 is 5.60 Å². The molecular formula is C26H33N5O3. The van der Waals surface area contributed by atoms with Crippen molar-refractivity contribution in [2.75, 3.05) is 18.4 Å². The largest absolute Gasteiger partial charge is 0.444 e. The Labute approximate surface area is 200 Å². The Kier molecular flexibility index (Phi) is 6.59. The SMILES string of the molecule is Cc1cc(C(=O)Nc2nc3cccc(C)c3n2[C@@H]2CCCCN(C(=O)OC(C)(C)C)C2)ccn1. The number of benzene rings is 1. The van der Waals surface area contributed by atoms with Crippen molar-refractivity contribution < 1.29 is 14.3 Å². The summed E-state index contributed by atoms with van der Waals surface area (Å²) >= 11 is 0. The van der Waals surface area contributed by atoms with Gasteiger partial charge in [0.1, 0.15) is 5.60 Å². The number of pyridine rings is 1. The number of nitrogens with one attached hydrogen (secondary N) is 1. The summed E-state index contributed by atoms with van der Waals surface area (Å²) in [6, 6.07) is 9.36. The van der Waals surface area contributed by atoms with Crippen LogP contribution in [-0.4, -0.2) is 50.1 Å². The molecule has 0 spiro atoms. The van der Waals surface area contributed by atoms with Gasteiger partial charge in [-0.15, -0.1) is 0 Å². The Morgan fingerprint density at radius 2 is 1.94 bits per heavy atom. The van der Waals surface area contributed by atoms with E-state index in [0.717, 1.165) is 41.6 Å². The maximum atomic E-state index is 13.1. The lowest BCUT2D eigenvalue weighted by Gasteiger charge is -2.29. The number of amides is 2. The minimum atomic E-state index is -0.557. The third-order valence-corrected chi connectivity index (χ3v) is 5.96. The molecule has 8 nitrogen and oxygen atoms in total. The first-order valence-electron chi connectivity index (χ1n) is 11.8. The van der Waals surface area contributed by atoms with Gasteiger partial charge in [0.15, 0.2) is 0 Å². The molecule has 1 fully saturated rings. The molecule has 34 heavy (non-hydrogen) atoms. The van der Waals surface area contributed by atoms with Crippen molar-refractivity contribution >= 4 is 29.0 Å². The predicted molar refractivity (Wildman–Crippen MR) is 132 cm³/mol. The van der Waals surface area contributed by atoms with Crippen LogP contribution in [0.2, 0.25) is 0 Å². The highest BCUT2D eigenvalue weighted by Crippen LogP contribution is 2.32. The average molecular weight is 464 g/mol. The van der Waals surface area contributed by atoms with Gasteiger partial charge in [0.05, 0.1) is 17.1 Å². The summed E-state index contributed by atoms with van der Waals surface area (Å²) in [6.45, 7) is 10.7. The first kappa shape index (κ1) is 23.7. The maximum absolute atomic E-state index is 13.1. The molecule has 0 bridgehead atoms. The van der Waals surface area contributed by atoms with Crippen molar-refractivity contribution in [2.45, 2.75) is 65.5 Å². The molecule has 0 unspecified atom stereocenters. The molecular weight excluding hydrogens is 430 g/mol. The van der Waals surface area contributed by atoms with Crippen LogP contribution in [0.5, 0.6) is 0 Å². The van der Waals surface area contributed by atoms with Gasteiger partial charge in [-0.05, 0) is 77.6 Å². The minimum absolute atomic E-state index is 0.0457. The highest BCUT2D eigenvalue weighted by Gasteiger charge is 2.30. The van der Waals surface area contributed by atoms with Crippen molar-refractivity contribution in [3.05, 3.63) is 53.3 Å². The van der Waals surface area contributed by atoms with Crippen LogP contribution in [-0.2, 0) is 4.74 Å². The Hall–Kier alpha value is -3.42. The van der Waals surface area contributed by atoms with Gasteiger partial charge >= 0.3 is 6.09 Å². The van der Waals surface area contributed by atoms with E-state index in [2.05, 4.69) is 14.9 Å². The molecule has 1 aromatic carbocycles. The summed E-state index contributed by atoms with van der Waals surface area (Å²) in [6.07, 6.45) is 4.06.